The first-order chi connectivity index (χ1) is 8.57. The van der Waals surface area contributed by atoms with Crippen molar-refractivity contribution < 1.29 is 14.7 Å². The van der Waals surface area contributed by atoms with Crippen molar-refractivity contribution in [1.82, 2.24) is 10.6 Å². The molecule has 5 heteroatoms. The Morgan fingerprint density at radius 1 is 1.39 bits per heavy atom. The Labute approximate surface area is 107 Å². The van der Waals surface area contributed by atoms with Gasteiger partial charge in [-0.25, -0.2) is 4.79 Å². The smallest absolute Gasteiger partial charge is 0.315 e. The molecule has 5 nitrogen and oxygen atoms in total. The van der Waals surface area contributed by atoms with Crippen molar-refractivity contribution in [3.8, 4) is 0 Å². The molecule has 0 aromatic carbocycles. The van der Waals surface area contributed by atoms with E-state index in [-0.39, 0.29) is 12.6 Å². The summed E-state index contributed by atoms with van der Waals surface area (Å²) < 4.78 is 0. The van der Waals surface area contributed by atoms with E-state index in [2.05, 4.69) is 17.6 Å². The fraction of sp³-hybridized carbons (Fsp3) is 0.846. The van der Waals surface area contributed by atoms with E-state index >= 15 is 0 Å². The Hall–Kier alpha value is -1.26. The predicted octanol–water partition coefficient (Wildman–Crippen LogP) is 1.73. The summed E-state index contributed by atoms with van der Waals surface area (Å²) in [5.41, 5.74) is -0.705. The summed E-state index contributed by atoms with van der Waals surface area (Å²) in [6.45, 7) is 2.39. The lowest BCUT2D eigenvalue weighted by Gasteiger charge is -2.37. The molecule has 3 N–H and O–H groups in total. The van der Waals surface area contributed by atoms with Crippen molar-refractivity contribution in [3.63, 3.8) is 0 Å². The number of hydrogen-bond acceptors (Lipinski definition) is 2. The molecule has 0 bridgehead atoms. The van der Waals surface area contributed by atoms with Crippen LogP contribution in [-0.4, -0.2) is 29.7 Å². The third-order valence-corrected chi connectivity index (χ3v) is 4.25. The molecule has 2 rings (SSSR count). The molecular weight excluding hydrogens is 232 g/mol. The molecule has 2 saturated carbocycles. The molecule has 0 spiro atoms. The van der Waals surface area contributed by atoms with Gasteiger partial charge in [0.1, 0.15) is 0 Å². The minimum Gasteiger partial charge on any atom is -0.481 e. The van der Waals surface area contributed by atoms with Gasteiger partial charge in [-0.1, -0.05) is 19.8 Å². The van der Waals surface area contributed by atoms with Crippen LogP contribution in [0.3, 0.4) is 0 Å². The standard InChI is InChI=1S/C13H22N2O3/c1-2-4-9-7-10(9)15-12(18)14-8-13(11(16)17)5-3-6-13/h9-10H,2-8H2,1H3,(H,16,17)(H2,14,15,18). The summed E-state index contributed by atoms with van der Waals surface area (Å²) in [5, 5.41) is 14.7. The van der Waals surface area contributed by atoms with Crippen LogP contribution in [0.5, 0.6) is 0 Å². The lowest BCUT2D eigenvalue weighted by atomic mass is 9.69. The molecule has 0 heterocycles. The van der Waals surface area contributed by atoms with Crippen LogP contribution < -0.4 is 10.6 Å². The van der Waals surface area contributed by atoms with E-state index in [0.29, 0.717) is 24.8 Å². The first-order valence-corrected chi connectivity index (χ1v) is 6.85. The van der Waals surface area contributed by atoms with Crippen molar-refractivity contribution in [3.05, 3.63) is 0 Å². The van der Waals surface area contributed by atoms with Gasteiger partial charge >= 0.3 is 12.0 Å². The summed E-state index contributed by atoms with van der Waals surface area (Å²) in [5.74, 6) is -0.165. The monoisotopic (exact) mass is 254 g/mol. The van der Waals surface area contributed by atoms with E-state index in [9.17, 15) is 9.59 Å². The minimum atomic E-state index is -0.788. The van der Waals surface area contributed by atoms with Crippen molar-refractivity contribution >= 4 is 12.0 Å². The number of carboxylic acid groups (broad SMARTS) is 1. The Bertz CT molecular complexity index is 339. The van der Waals surface area contributed by atoms with Crippen LogP contribution in [0.4, 0.5) is 4.79 Å². The number of amides is 2. The highest BCUT2D eigenvalue weighted by atomic mass is 16.4. The maximum absolute atomic E-state index is 11.6. The van der Waals surface area contributed by atoms with Gasteiger partial charge in [0.05, 0.1) is 5.41 Å². The van der Waals surface area contributed by atoms with Gasteiger partial charge in [-0.3, -0.25) is 4.79 Å². The van der Waals surface area contributed by atoms with Crippen LogP contribution in [0, 0.1) is 11.3 Å². The van der Waals surface area contributed by atoms with Gasteiger partial charge in [-0.15, -0.1) is 0 Å². The first-order valence-electron chi connectivity index (χ1n) is 6.85. The molecule has 0 aromatic rings. The van der Waals surface area contributed by atoms with Gasteiger partial charge in [-0.2, -0.15) is 0 Å². The molecule has 2 unspecified atom stereocenters. The second kappa shape index (κ2) is 5.16. The maximum atomic E-state index is 11.6. The molecule has 2 fully saturated rings. The summed E-state index contributed by atoms with van der Waals surface area (Å²) in [7, 11) is 0. The molecule has 2 amide bonds. The maximum Gasteiger partial charge on any atom is 0.315 e. The molecule has 0 radical (unpaired) electrons. The number of urea groups is 1. The normalized spacial score (nSPS) is 28.1. The van der Waals surface area contributed by atoms with Crippen LogP contribution in [0.2, 0.25) is 0 Å². The van der Waals surface area contributed by atoms with E-state index in [1.54, 1.807) is 0 Å². The van der Waals surface area contributed by atoms with E-state index in [1.165, 1.54) is 0 Å². The van der Waals surface area contributed by atoms with E-state index in [1.807, 2.05) is 0 Å². The van der Waals surface area contributed by atoms with Crippen LogP contribution in [-0.2, 0) is 4.79 Å². The summed E-state index contributed by atoms with van der Waals surface area (Å²) >= 11 is 0. The largest absolute Gasteiger partial charge is 0.481 e. The average molecular weight is 254 g/mol. The molecule has 102 valence electrons. The van der Waals surface area contributed by atoms with Crippen molar-refractivity contribution in [2.45, 2.75) is 51.5 Å². The Balaban J connectivity index is 1.68. The third kappa shape index (κ3) is 2.76. The van der Waals surface area contributed by atoms with Crippen molar-refractivity contribution in [2.75, 3.05) is 6.54 Å². The number of rotatable bonds is 6. The lowest BCUT2D eigenvalue weighted by Crippen LogP contribution is -2.50. The van der Waals surface area contributed by atoms with Crippen LogP contribution >= 0.6 is 0 Å². The van der Waals surface area contributed by atoms with E-state index in [0.717, 1.165) is 25.7 Å². The van der Waals surface area contributed by atoms with Crippen molar-refractivity contribution in [2.24, 2.45) is 11.3 Å². The highest BCUT2D eigenvalue weighted by Crippen LogP contribution is 2.40. The number of carbonyl (C=O) groups is 2. The van der Waals surface area contributed by atoms with Gasteiger partial charge in [0.2, 0.25) is 0 Å². The molecule has 2 aliphatic rings. The number of carboxylic acids is 1. The van der Waals surface area contributed by atoms with Gasteiger partial charge in [0, 0.05) is 12.6 Å². The topological polar surface area (TPSA) is 78.4 Å². The molecule has 18 heavy (non-hydrogen) atoms. The van der Waals surface area contributed by atoms with Crippen LogP contribution in [0.25, 0.3) is 0 Å². The Morgan fingerprint density at radius 3 is 2.61 bits per heavy atom. The predicted molar refractivity (Wildman–Crippen MR) is 67.3 cm³/mol. The van der Waals surface area contributed by atoms with E-state index in [4.69, 9.17) is 5.11 Å². The quantitative estimate of drug-likeness (QED) is 0.675. The van der Waals surface area contributed by atoms with Crippen LogP contribution in [0.15, 0.2) is 0 Å². The van der Waals surface area contributed by atoms with Crippen LogP contribution in [0.1, 0.15) is 45.4 Å². The first kappa shape index (κ1) is 13.2. The zero-order chi connectivity index (χ0) is 13.2. The molecule has 0 saturated heterocycles. The summed E-state index contributed by atoms with van der Waals surface area (Å²) in [4.78, 5) is 22.8. The second-order valence-electron chi connectivity index (χ2n) is 5.66. The number of nitrogens with one attached hydrogen (secondary N) is 2. The Kier molecular flexibility index (Phi) is 3.78. The lowest BCUT2D eigenvalue weighted by molar-refractivity contribution is -0.153. The zero-order valence-corrected chi connectivity index (χ0v) is 10.9. The van der Waals surface area contributed by atoms with Gasteiger partial charge < -0.3 is 15.7 Å². The van der Waals surface area contributed by atoms with Gasteiger partial charge in [0.25, 0.3) is 0 Å². The fourth-order valence-electron chi connectivity index (χ4n) is 2.65. The number of hydrogen-bond donors (Lipinski definition) is 3. The molecule has 0 aromatic heterocycles. The molecular formula is C13H22N2O3. The highest BCUT2D eigenvalue weighted by molar-refractivity contribution is 5.79. The fourth-order valence-corrected chi connectivity index (χ4v) is 2.65. The van der Waals surface area contributed by atoms with Gasteiger partial charge in [-0.05, 0) is 31.6 Å². The molecule has 2 atom stereocenters. The number of aliphatic carboxylic acids is 1. The average Bonchev–Trinajstić information content (AvgIpc) is 2.94. The van der Waals surface area contributed by atoms with E-state index < -0.39 is 11.4 Å². The summed E-state index contributed by atoms with van der Waals surface area (Å²) in [6.07, 6.45) is 5.65. The summed E-state index contributed by atoms with van der Waals surface area (Å²) in [6, 6.07) is 0.0817. The number of carbonyl (C=O) groups excluding carboxylic acids is 1. The SMILES string of the molecule is CCCC1CC1NC(=O)NCC1(C(=O)O)CCC1. The molecule has 0 aliphatic heterocycles. The zero-order valence-electron chi connectivity index (χ0n) is 10.9. The minimum absolute atomic E-state index is 0.217. The highest BCUT2D eigenvalue weighted by Gasteiger charge is 2.45. The second-order valence-corrected chi connectivity index (χ2v) is 5.66. The Morgan fingerprint density at radius 2 is 2.11 bits per heavy atom. The van der Waals surface area contributed by atoms with Crippen molar-refractivity contribution in [1.29, 1.82) is 0 Å². The third-order valence-electron chi connectivity index (χ3n) is 4.25. The molecule has 2 aliphatic carbocycles. The van der Waals surface area contributed by atoms with Gasteiger partial charge in [0.15, 0.2) is 0 Å².